The minimum Gasteiger partial charge on any atom is -0.398 e. The summed E-state index contributed by atoms with van der Waals surface area (Å²) >= 11 is 2.67. The zero-order valence-electron chi connectivity index (χ0n) is 8.98. The van der Waals surface area contributed by atoms with Gasteiger partial charge in [0.15, 0.2) is 0 Å². The zero-order valence-corrected chi connectivity index (χ0v) is 10.6. The van der Waals surface area contributed by atoms with Gasteiger partial charge in [0.25, 0.3) is 5.91 Å². The van der Waals surface area contributed by atoms with E-state index in [1.54, 1.807) is 17.5 Å². The lowest BCUT2D eigenvalue weighted by Gasteiger charge is -1.99. The van der Waals surface area contributed by atoms with Crippen molar-refractivity contribution in [3.05, 3.63) is 32.8 Å². The highest BCUT2D eigenvalue weighted by Gasteiger charge is 2.13. The number of nitriles is 1. The Morgan fingerprint density at radius 2 is 2.35 bits per heavy atom. The number of nitrogens with one attached hydrogen (secondary N) is 1. The van der Waals surface area contributed by atoms with Gasteiger partial charge in [0.05, 0.1) is 10.4 Å². The molecule has 86 valence electrons. The lowest BCUT2D eigenvalue weighted by atomic mass is 10.3. The molecule has 0 fully saturated rings. The van der Waals surface area contributed by atoms with Crippen molar-refractivity contribution < 1.29 is 4.79 Å². The van der Waals surface area contributed by atoms with E-state index in [0.29, 0.717) is 21.1 Å². The van der Waals surface area contributed by atoms with Crippen LogP contribution in [-0.2, 0) is 0 Å². The predicted octanol–water partition coefficient (Wildman–Crippen LogP) is 2.82. The molecule has 2 rings (SSSR count). The zero-order chi connectivity index (χ0) is 12.4. The molecule has 4 nitrogen and oxygen atoms in total. The molecule has 0 aliphatic carbocycles. The van der Waals surface area contributed by atoms with Gasteiger partial charge in [-0.15, -0.1) is 22.7 Å². The van der Waals surface area contributed by atoms with Gasteiger partial charge in [-0.05, 0) is 24.4 Å². The topological polar surface area (TPSA) is 78.9 Å². The van der Waals surface area contributed by atoms with Crippen molar-refractivity contribution in [3.63, 3.8) is 0 Å². The van der Waals surface area contributed by atoms with Crippen LogP contribution in [-0.4, -0.2) is 5.91 Å². The number of hydrogen-bond acceptors (Lipinski definition) is 5. The molecule has 0 aliphatic heterocycles. The summed E-state index contributed by atoms with van der Waals surface area (Å²) in [5.41, 5.74) is 6.78. The molecule has 0 atom stereocenters. The molecule has 0 saturated heterocycles. The van der Waals surface area contributed by atoms with Crippen LogP contribution in [0.15, 0.2) is 17.5 Å². The van der Waals surface area contributed by atoms with E-state index in [0.717, 1.165) is 4.88 Å². The number of amides is 1. The van der Waals surface area contributed by atoms with E-state index in [1.165, 1.54) is 22.7 Å². The highest BCUT2D eigenvalue weighted by molar-refractivity contribution is 7.15. The minimum absolute atomic E-state index is 0.228. The minimum atomic E-state index is -0.228. The van der Waals surface area contributed by atoms with E-state index in [1.807, 2.05) is 13.0 Å². The molecule has 6 heteroatoms. The van der Waals surface area contributed by atoms with Gasteiger partial charge in [0.2, 0.25) is 0 Å². The third-order valence-electron chi connectivity index (χ3n) is 2.19. The van der Waals surface area contributed by atoms with E-state index in [-0.39, 0.29) is 5.91 Å². The molecule has 0 radical (unpaired) electrons. The number of hydrogen-bond donors (Lipinski definition) is 2. The summed E-state index contributed by atoms with van der Waals surface area (Å²) in [4.78, 5) is 13.4. The lowest BCUT2D eigenvalue weighted by Crippen LogP contribution is -2.09. The van der Waals surface area contributed by atoms with E-state index < -0.39 is 0 Å². The number of aryl methyl sites for hydroxylation is 1. The van der Waals surface area contributed by atoms with Crippen molar-refractivity contribution in [2.24, 2.45) is 0 Å². The monoisotopic (exact) mass is 263 g/mol. The predicted molar refractivity (Wildman–Crippen MR) is 70.5 cm³/mol. The first kappa shape index (κ1) is 11.6. The number of thiophene rings is 2. The van der Waals surface area contributed by atoms with Crippen LogP contribution >= 0.6 is 22.7 Å². The molecule has 2 heterocycles. The summed E-state index contributed by atoms with van der Waals surface area (Å²) < 4.78 is 0. The quantitative estimate of drug-likeness (QED) is 0.874. The van der Waals surface area contributed by atoms with Crippen molar-refractivity contribution in [1.29, 1.82) is 5.26 Å². The van der Waals surface area contributed by atoms with Gasteiger partial charge >= 0.3 is 0 Å². The normalized spacial score (nSPS) is 9.88. The molecular formula is C11H9N3OS2. The van der Waals surface area contributed by atoms with Crippen LogP contribution in [0.4, 0.5) is 10.7 Å². The highest BCUT2D eigenvalue weighted by Crippen LogP contribution is 2.27. The number of carbonyl (C=O) groups excluding carboxylic acids is 1. The fourth-order valence-electron chi connectivity index (χ4n) is 1.27. The Balaban J connectivity index is 2.20. The lowest BCUT2D eigenvalue weighted by molar-refractivity contribution is 0.103. The van der Waals surface area contributed by atoms with Gasteiger partial charge in [-0.2, -0.15) is 5.26 Å². The van der Waals surface area contributed by atoms with Crippen LogP contribution in [0.1, 0.15) is 20.1 Å². The van der Waals surface area contributed by atoms with Crippen LogP contribution < -0.4 is 11.1 Å². The van der Waals surface area contributed by atoms with Crippen LogP contribution in [0, 0.1) is 18.3 Å². The van der Waals surface area contributed by atoms with E-state index in [4.69, 9.17) is 11.0 Å². The molecule has 0 spiro atoms. The molecule has 17 heavy (non-hydrogen) atoms. The number of nitrogens with zero attached hydrogens (tertiary/aromatic N) is 1. The largest absolute Gasteiger partial charge is 0.398 e. The smallest absolute Gasteiger partial charge is 0.266 e. The molecule has 3 N–H and O–H groups in total. The second-order valence-corrected chi connectivity index (χ2v) is 5.52. The van der Waals surface area contributed by atoms with Gasteiger partial charge in [-0.1, -0.05) is 0 Å². The Hall–Kier alpha value is -1.84. The number of nitrogens with two attached hydrogens (primary N) is 1. The van der Waals surface area contributed by atoms with Crippen molar-refractivity contribution in [3.8, 4) is 6.07 Å². The number of nitrogen functional groups attached to an aromatic ring is 1. The molecular weight excluding hydrogens is 254 g/mol. The van der Waals surface area contributed by atoms with Crippen LogP contribution in [0.3, 0.4) is 0 Å². The highest BCUT2D eigenvalue weighted by atomic mass is 32.1. The fraction of sp³-hybridized carbons (Fsp3) is 0.0909. The molecule has 0 unspecified atom stereocenters. The van der Waals surface area contributed by atoms with E-state index in [9.17, 15) is 4.79 Å². The number of anilines is 2. The van der Waals surface area contributed by atoms with Crippen molar-refractivity contribution >= 4 is 39.3 Å². The van der Waals surface area contributed by atoms with E-state index in [2.05, 4.69) is 5.32 Å². The maximum atomic E-state index is 11.9. The summed E-state index contributed by atoms with van der Waals surface area (Å²) in [6.07, 6.45) is 0. The van der Waals surface area contributed by atoms with Gasteiger partial charge < -0.3 is 11.1 Å². The Kier molecular flexibility index (Phi) is 3.13. The van der Waals surface area contributed by atoms with Crippen molar-refractivity contribution in [2.75, 3.05) is 11.1 Å². The third-order valence-corrected chi connectivity index (χ3v) is 4.09. The number of rotatable bonds is 2. The van der Waals surface area contributed by atoms with Crippen LogP contribution in [0.25, 0.3) is 0 Å². The van der Waals surface area contributed by atoms with Crippen LogP contribution in [0.2, 0.25) is 0 Å². The summed E-state index contributed by atoms with van der Waals surface area (Å²) in [5, 5.41) is 13.9. The average Bonchev–Trinajstić information content (AvgIpc) is 2.86. The van der Waals surface area contributed by atoms with Crippen molar-refractivity contribution in [2.45, 2.75) is 6.92 Å². The maximum absolute atomic E-state index is 11.9. The van der Waals surface area contributed by atoms with Crippen molar-refractivity contribution in [1.82, 2.24) is 0 Å². The van der Waals surface area contributed by atoms with Gasteiger partial charge in [0.1, 0.15) is 11.1 Å². The average molecular weight is 263 g/mol. The Bertz CT molecular complexity index is 587. The second-order valence-electron chi connectivity index (χ2n) is 3.35. The summed E-state index contributed by atoms with van der Waals surface area (Å²) in [5.74, 6) is -0.228. The molecule has 2 aromatic rings. The van der Waals surface area contributed by atoms with E-state index >= 15 is 0 Å². The number of carbonyl (C=O) groups is 1. The Morgan fingerprint density at radius 1 is 1.59 bits per heavy atom. The standard InChI is InChI=1S/C11H9N3OS2/c1-6-8(13)4-9(17-6)10(15)14-11-7(5-12)2-3-16-11/h2-4H,13H2,1H3,(H,14,15). The molecule has 0 saturated carbocycles. The molecule has 0 bridgehead atoms. The van der Waals surface area contributed by atoms with Gasteiger partial charge in [-0.25, -0.2) is 0 Å². The van der Waals surface area contributed by atoms with Gasteiger partial charge in [-0.3, -0.25) is 4.79 Å². The SMILES string of the molecule is Cc1sc(C(=O)Nc2sccc2C#N)cc1N. The first-order valence-corrected chi connectivity index (χ1v) is 6.46. The molecule has 2 aromatic heterocycles. The molecule has 0 aromatic carbocycles. The third kappa shape index (κ3) is 2.30. The summed E-state index contributed by atoms with van der Waals surface area (Å²) in [7, 11) is 0. The van der Waals surface area contributed by atoms with Gasteiger partial charge in [0, 0.05) is 10.6 Å². The first-order valence-electron chi connectivity index (χ1n) is 4.76. The maximum Gasteiger partial charge on any atom is 0.266 e. The Labute approximate surface area is 106 Å². The second kappa shape index (κ2) is 4.57. The fourth-order valence-corrected chi connectivity index (χ4v) is 2.84. The first-order chi connectivity index (χ1) is 8.11. The summed E-state index contributed by atoms with van der Waals surface area (Å²) in [6.45, 7) is 1.86. The van der Waals surface area contributed by atoms with Crippen LogP contribution in [0.5, 0.6) is 0 Å². The molecule has 1 amide bonds. The Morgan fingerprint density at radius 3 is 2.94 bits per heavy atom. The molecule has 0 aliphatic rings. The summed E-state index contributed by atoms with van der Waals surface area (Å²) in [6, 6.07) is 5.35.